The van der Waals surface area contributed by atoms with E-state index in [-0.39, 0.29) is 11.8 Å². The fourth-order valence-electron chi connectivity index (χ4n) is 6.69. The van der Waals surface area contributed by atoms with Crippen molar-refractivity contribution in [3.05, 3.63) is 12.2 Å². The molecule has 0 aromatic heterocycles. The third-order valence-electron chi connectivity index (χ3n) is 6.70. The Kier molecular flexibility index (Phi) is 2.27. The second kappa shape index (κ2) is 3.39. The molecule has 3 fully saturated rings. The molecule has 0 aromatic carbocycles. The largest absolute Gasteiger partial charge is 0.398 e. The van der Waals surface area contributed by atoms with Gasteiger partial charge in [-0.2, -0.15) is 13.2 Å². The van der Waals surface area contributed by atoms with E-state index in [1.54, 1.807) is 6.08 Å². The second-order valence-electron chi connectivity index (χ2n) is 8.77. The Balaban J connectivity index is 1.81. The molecular weight excluding hydrogens is 277 g/mol. The van der Waals surface area contributed by atoms with Gasteiger partial charge < -0.3 is 0 Å². The summed E-state index contributed by atoms with van der Waals surface area (Å²) < 4.78 is 41.7. The summed E-state index contributed by atoms with van der Waals surface area (Å²) in [4.78, 5) is 0. The molecule has 0 heterocycles. The fraction of sp³-hybridized carbons (Fsp3) is 0.875. The monoisotopic (exact) mass is 300 g/mol. The SMILES string of the molecule is C[Si](C)(C)CC12C3C=CC1(C(F)(F)F)C2C1CCCC13. The standard InChI is InChI=1S/C16H23F3Si/c1-20(2,3)9-14-12-7-8-15(14,16(17,18)19)13(14)11-6-4-5-10(11)12/h7-8,10-13H,4-6,9H2,1-3H3. The lowest BCUT2D eigenvalue weighted by molar-refractivity contribution is -0.189. The molecule has 0 aliphatic heterocycles. The summed E-state index contributed by atoms with van der Waals surface area (Å²) in [6.45, 7) is 6.69. The molecule has 0 N–H and O–H groups in total. The maximum absolute atomic E-state index is 13.9. The lowest BCUT2D eigenvalue weighted by Gasteiger charge is -2.33. The van der Waals surface area contributed by atoms with Gasteiger partial charge in [-0.3, -0.25) is 0 Å². The topological polar surface area (TPSA) is 0 Å². The molecule has 0 radical (unpaired) electrons. The molecule has 0 nitrogen and oxygen atoms in total. The predicted molar refractivity (Wildman–Crippen MR) is 76.0 cm³/mol. The summed E-state index contributed by atoms with van der Waals surface area (Å²) >= 11 is 0. The minimum Gasteiger partial charge on any atom is -0.170 e. The van der Waals surface area contributed by atoms with Gasteiger partial charge in [-0.05, 0) is 48.0 Å². The minimum absolute atomic E-state index is 0.0794. The molecule has 4 rings (SSSR count). The van der Waals surface area contributed by atoms with Gasteiger partial charge in [0.2, 0.25) is 0 Å². The number of hydrogen-bond acceptors (Lipinski definition) is 0. The highest BCUT2D eigenvalue weighted by atomic mass is 28.3. The summed E-state index contributed by atoms with van der Waals surface area (Å²) in [5, 5.41) is 0. The molecule has 112 valence electrons. The van der Waals surface area contributed by atoms with Crippen LogP contribution in [0.1, 0.15) is 19.3 Å². The third kappa shape index (κ3) is 1.22. The molecule has 4 aliphatic carbocycles. The van der Waals surface area contributed by atoms with Crippen LogP contribution in [0.15, 0.2) is 12.2 Å². The Bertz CT molecular complexity index is 489. The van der Waals surface area contributed by atoms with Crippen molar-refractivity contribution in [1.82, 2.24) is 0 Å². The number of allylic oxidation sites excluding steroid dienone is 2. The molecule has 0 spiro atoms. The van der Waals surface area contributed by atoms with Gasteiger partial charge in [0.05, 0.1) is 5.41 Å². The molecule has 6 unspecified atom stereocenters. The molecule has 20 heavy (non-hydrogen) atoms. The summed E-state index contributed by atoms with van der Waals surface area (Å²) in [5.74, 6) is 1.07. The highest BCUT2D eigenvalue weighted by Crippen LogP contribution is 2.92. The van der Waals surface area contributed by atoms with Crippen LogP contribution in [0.2, 0.25) is 25.7 Å². The lowest BCUT2D eigenvalue weighted by atomic mass is 9.79. The van der Waals surface area contributed by atoms with Gasteiger partial charge in [-0.15, -0.1) is 0 Å². The van der Waals surface area contributed by atoms with Crippen molar-refractivity contribution in [3.8, 4) is 0 Å². The van der Waals surface area contributed by atoms with Crippen molar-refractivity contribution in [2.24, 2.45) is 34.5 Å². The Morgan fingerprint density at radius 1 is 1.15 bits per heavy atom. The van der Waals surface area contributed by atoms with Crippen molar-refractivity contribution in [1.29, 1.82) is 0 Å². The smallest absolute Gasteiger partial charge is 0.170 e. The normalized spacial score (nSPS) is 52.3. The fourth-order valence-corrected chi connectivity index (χ4v) is 9.20. The van der Waals surface area contributed by atoms with Gasteiger partial charge in [0.1, 0.15) is 0 Å². The van der Waals surface area contributed by atoms with Crippen molar-refractivity contribution >= 4 is 8.07 Å². The van der Waals surface area contributed by atoms with Crippen LogP contribution in [-0.2, 0) is 0 Å². The molecule has 6 atom stereocenters. The summed E-state index contributed by atoms with van der Waals surface area (Å²) in [6.07, 6.45) is 2.88. The van der Waals surface area contributed by atoms with E-state index >= 15 is 0 Å². The Labute approximate surface area is 119 Å². The number of rotatable bonds is 2. The van der Waals surface area contributed by atoms with Crippen molar-refractivity contribution in [2.75, 3.05) is 0 Å². The van der Waals surface area contributed by atoms with Gasteiger partial charge in [-0.25, -0.2) is 0 Å². The molecule has 4 aliphatic rings. The van der Waals surface area contributed by atoms with Crippen LogP contribution in [-0.4, -0.2) is 14.3 Å². The number of fused-ring (bicyclic) bond motifs is 4. The van der Waals surface area contributed by atoms with Crippen LogP contribution in [0.5, 0.6) is 0 Å². The first-order valence-electron chi connectivity index (χ1n) is 7.91. The molecule has 4 heteroatoms. The highest BCUT2D eigenvalue weighted by molar-refractivity contribution is 6.76. The quantitative estimate of drug-likeness (QED) is 0.491. The van der Waals surface area contributed by atoms with Gasteiger partial charge in [0, 0.05) is 8.07 Å². The van der Waals surface area contributed by atoms with Crippen LogP contribution in [0.4, 0.5) is 13.2 Å². The average Bonchev–Trinajstić information content (AvgIpc) is 2.62. The Morgan fingerprint density at radius 3 is 2.40 bits per heavy atom. The van der Waals surface area contributed by atoms with E-state index < -0.39 is 25.1 Å². The van der Waals surface area contributed by atoms with Gasteiger partial charge in [0.25, 0.3) is 0 Å². The molecule has 0 bridgehead atoms. The average molecular weight is 300 g/mol. The van der Waals surface area contributed by atoms with Crippen molar-refractivity contribution in [3.63, 3.8) is 0 Å². The highest BCUT2D eigenvalue weighted by Gasteiger charge is 2.93. The van der Waals surface area contributed by atoms with E-state index in [1.807, 2.05) is 6.08 Å². The van der Waals surface area contributed by atoms with E-state index in [2.05, 4.69) is 19.6 Å². The molecule has 0 aromatic rings. The van der Waals surface area contributed by atoms with Gasteiger partial charge >= 0.3 is 6.18 Å². The maximum atomic E-state index is 13.9. The molecule has 0 saturated heterocycles. The number of hydrogen-bond donors (Lipinski definition) is 0. The lowest BCUT2D eigenvalue weighted by Crippen LogP contribution is -2.37. The molecule has 0 amide bonds. The summed E-state index contributed by atoms with van der Waals surface area (Å²) in [6, 6.07) is 0.856. The van der Waals surface area contributed by atoms with Crippen LogP contribution < -0.4 is 0 Å². The number of alkyl halides is 3. The number of halogens is 3. The Morgan fingerprint density at radius 2 is 1.80 bits per heavy atom. The van der Waals surface area contributed by atoms with Crippen LogP contribution in [0, 0.1) is 34.5 Å². The van der Waals surface area contributed by atoms with E-state index in [0.717, 1.165) is 25.3 Å². The minimum atomic E-state index is -4.05. The zero-order chi connectivity index (χ0) is 14.6. The van der Waals surface area contributed by atoms with E-state index in [9.17, 15) is 13.2 Å². The van der Waals surface area contributed by atoms with Crippen LogP contribution in [0.25, 0.3) is 0 Å². The summed E-state index contributed by atoms with van der Waals surface area (Å²) in [7, 11) is -1.51. The summed E-state index contributed by atoms with van der Waals surface area (Å²) in [5.41, 5.74) is -1.86. The Hall–Kier alpha value is -0.253. The maximum Gasteiger partial charge on any atom is 0.398 e. The molecular formula is C16H23F3Si. The van der Waals surface area contributed by atoms with Crippen LogP contribution >= 0.6 is 0 Å². The first-order chi connectivity index (χ1) is 9.15. The first kappa shape index (κ1) is 13.4. The van der Waals surface area contributed by atoms with E-state index in [4.69, 9.17) is 0 Å². The first-order valence-corrected chi connectivity index (χ1v) is 11.6. The second-order valence-corrected chi connectivity index (χ2v) is 14.2. The molecule has 3 saturated carbocycles. The zero-order valence-corrected chi connectivity index (χ0v) is 13.4. The van der Waals surface area contributed by atoms with E-state index in [0.29, 0.717) is 11.8 Å². The zero-order valence-electron chi connectivity index (χ0n) is 12.4. The van der Waals surface area contributed by atoms with Crippen molar-refractivity contribution in [2.45, 2.75) is 51.1 Å². The van der Waals surface area contributed by atoms with Gasteiger partial charge in [-0.1, -0.05) is 38.2 Å². The van der Waals surface area contributed by atoms with Crippen LogP contribution in [0.3, 0.4) is 0 Å². The van der Waals surface area contributed by atoms with Gasteiger partial charge in [0.15, 0.2) is 0 Å². The predicted octanol–water partition coefficient (Wildman–Crippen LogP) is 5.11. The third-order valence-corrected chi connectivity index (χ3v) is 8.35. The van der Waals surface area contributed by atoms with E-state index in [1.165, 1.54) is 0 Å². The van der Waals surface area contributed by atoms with Crippen molar-refractivity contribution < 1.29 is 13.2 Å².